The topological polar surface area (TPSA) is 70.7 Å². The zero-order valence-corrected chi connectivity index (χ0v) is 12.0. The van der Waals surface area contributed by atoms with E-state index in [2.05, 4.69) is 36.4 Å². The van der Waals surface area contributed by atoms with Gasteiger partial charge < -0.3 is 5.32 Å². The highest BCUT2D eigenvalue weighted by Crippen LogP contribution is 2.20. The molecule has 1 amide bonds. The molecule has 7 heteroatoms. The average Bonchev–Trinajstić information content (AvgIpc) is 2.85. The van der Waals surface area contributed by atoms with Crippen molar-refractivity contribution in [3.8, 4) is 0 Å². The lowest BCUT2D eigenvalue weighted by Gasteiger charge is -2.10. The smallest absolute Gasteiger partial charge is 0.237 e. The fourth-order valence-electron chi connectivity index (χ4n) is 1.25. The molecule has 2 N–H and O–H groups in total. The number of carbonyl (C=O) groups excluding carboxylic acids is 1. The molecule has 0 radical (unpaired) electrons. The van der Waals surface area contributed by atoms with Crippen molar-refractivity contribution in [3.63, 3.8) is 0 Å². The minimum absolute atomic E-state index is 0.0706. The number of thioether (sulfide) groups is 1. The second-order valence-corrected chi connectivity index (χ2v) is 5.79. The lowest BCUT2D eigenvalue weighted by Crippen LogP contribution is -2.22. The van der Waals surface area contributed by atoms with Gasteiger partial charge in [0.2, 0.25) is 5.91 Å². The molecule has 0 aliphatic rings. The Morgan fingerprint density at radius 3 is 2.78 bits per heavy atom. The number of carbonyl (C=O) groups is 1. The van der Waals surface area contributed by atoms with Crippen LogP contribution in [0.5, 0.6) is 0 Å². The number of halogens is 1. The number of nitrogens with one attached hydrogen (secondary N) is 2. The van der Waals surface area contributed by atoms with Crippen molar-refractivity contribution in [2.45, 2.75) is 17.3 Å². The Bertz CT molecular complexity index is 514. The lowest BCUT2D eigenvalue weighted by atomic mass is 10.3. The SMILES string of the molecule is C[C@H](Sc1ncn[nH]1)C(=O)Nc1ccc(Br)cc1. The van der Waals surface area contributed by atoms with E-state index in [-0.39, 0.29) is 11.2 Å². The Labute approximate surface area is 117 Å². The maximum Gasteiger partial charge on any atom is 0.237 e. The van der Waals surface area contributed by atoms with Gasteiger partial charge in [-0.2, -0.15) is 5.10 Å². The molecule has 2 aromatic rings. The molecule has 1 aromatic heterocycles. The number of rotatable bonds is 4. The van der Waals surface area contributed by atoms with Crippen molar-refractivity contribution in [2.24, 2.45) is 0 Å². The van der Waals surface area contributed by atoms with Crippen LogP contribution in [0.3, 0.4) is 0 Å². The van der Waals surface area contributed by atoms with Gasteiger partial charge in [-0.3, -0.25) is 9.89 Å². The quantitative estimate of drug-likeness (QED) is 0.847. The number of aromatic nitrogens is 3. The van der Waals surface area contributed by atoms with Gasteiger partial charge in [-0.1, -0.05) is 27.7 Å². The summed E-state index contributed by atoms with van der Waals surface area (Å²) >= 11 is 4.67. The Kier molecular flexibility index (Phi) is 4.38. The normalized spacial score (nSPS) is 12.1. The first-order valence-electron chi connectivity index (χ1n) is 5.23. The predicted octanol–water partition coefficient (Wildman–Crippen LogP) is 2.69. The molecular formula is C11H11BrN4OS. The summed E-state index contributed by atoms with van der Waals surface area (Å²) in [6.07, 6.45) is 1.42. The van der Waals surface area contributed by atoms with Crippen molar-refractivity contribution >= 4 is 39.3 Å². The molecule has 0 spiro atoms. The van der Waals surface area contributed by atoms with Gasteiger partial charge in [0.05, 0.1) is 5.25 Å². The maximum atomic E-state index is 11.9. The number of benzene rings is 1. The Balaban J connectivity index is 1.93. The summed E-state index contributed by atoms with van der Waals surface area (Å²) in [6.45, 7) is 1.82. The van der Waals surface area contributed by atoms with E-state index in [4.69, 9.17) is 0 Å². The van der Waals surface area contributed by atoms with Gasteiger partial charge in [0.25, 0.3) is 0 Å². The number of anilines is 1. The fourth-order valence-corrected chi connectivity index (χ4v) is 2.23. The molecule has 0 aliphatic carbocycles. The van der Waals surface area contributed by atoms with Crippen LogP contribution in [0.4, 0.5) is 5.69 Å². The van der Waals surface area contributed by atoms with Crippen molar-refractivity contribution in [2.75, 3.05) is 5.32 Å². The van der Waals surface area contributed by atoms with E-state index >= 15 is 0 Å². The Morgan fingerprint density at radius 1 is 1.44 bits per heavy atom. The summed E-state index contributed by atoms with van der Waals surface area (Å²) in [7, 11) is 0. The average molecular weight is 327 g/mol. The first-order valence-corrected chi connectivity index (χ1v) is 6.91. The van der Waals surface area contributed by atoms with Crippen LogP contribution in [-0.2, 0) is 4.79 Å². The first-order chi connectivity index (χ1) is 8.65. The van der Waals surface area contributed by atoms with Crippen LogP contribution in [0.1, 0.15) is 6.92 Å². The maximum absolute atomic E-state index is 11.9. The first kappa shape index (κ1) is 13.1. The zero-order valence-electron chi connectivity index (χ0n) is 9.55. The third kappa shape index (κ3) is 3.58. The minimum atomic E-state index is -0.249. The number of hydrogen-bond acceptors (Lipinski definition) is 4. The van der Waals surface area contributed by atoms with Gasteiger partial charge in [-0.25, -0.2) is 4.98 Å². The van der Waals surface area contributed by atoms with Gasteiger partial charge in [-0.05, 0) is 31.2 Å². The van der Waals surface area contributed by atoms with Gasteiger partial charge in [0, 0.05) is 10.2 Å². The van der Waals surface area contributed by atoms with Crippen molar-refractivity contribution in [1.82, 2.24) is 15.2 Å². The molecule has 1 atom stereocenters. The monoisotopic (exact) mass is 326 g/mol. The molecule has 0 unspecified atom stereocenters. The van der Waals surface area contributed by atoms with Crippen LogP contribution >= 0.6 is 27.7 Å². The molecule has 0 saturated carbocycles. The molecule has 18 heavy (non-hydrogen) atoms. The second-order valence-electron chi connectivity index (χ2n) is 3.55. The van der Waals surface area contributed by atoms with Crippen molar-refractivity contribution in [1.29, 1.82) is 0 Å². The largest absolute Gasteiger partial charge is 0.325 e. The van der Waals surface area contributed by atoms with Crippen molar-refractivity contribution in [3.05, 3.63) is 35.1 Å². The summed E-state index contributed by atoms with van der Waals surface area (Å²) in [5.41, 5.74) is 0.771. The summed E-state index contributed by atoms with van der Waals surface area (Å²) < 4.78 is 0.976. The van der Waals surface area contributed by atoms with Gasteiger partial charge in [0.15, 0.2) is 5.16 Å². The van der Waals surface area contributed by atoms with E-state index in [0.29, 0.717) is 5.16 Å². The standard InChI is InChI=1S/C11H11BrN4OS/c1-7(18-11-13-6-14-16-11)10(17)15-9-4-2-8(12)3-5-9/h2-7H,1H3,(H,15,17)(H,13,14,16)/t7-/m0/s1. The fraction of sp³-hybridized carbons (Fsp3) is 0.182. The molecule has 0 saturated heterocycles. The molecule has 1 heterocycles. The minimum Gasteiger partial charge on any atom is -0.325 e. The highest BCUT2D eigenvalue weighted by molar-refractivity contribution is 9.10. The van der Waals surface area contributed by atoms with Crippen LogP contribution in [0.15, 0.2) is 40.2 Å². The number of aromatic amines is 1. The molecule has 0 aliphatic heterocycles. The number of amides is 1. The van der Waals surface area contributed by atoms with Crippen molar-refractivity contribution < 1.29 is 4.79 Å². The van der Waals surface area contributed by atoms with Crippen LogP contribution in [0.25, 0.3) is 0 Å². The van der Waals surface area contributed by atoms with E-state index in [1.54, 1.807) is 0 Å². The van der Waals surface area contributed by atoms with Gasteiger partial charge >= 0.3 is 0 Å². The molecular weight excluding hydrogens is 316 g/mol. The third-order valence-corrected chi connectivity index (χ3v) is 3.68. The zero-order chi connectivity index (χ0) is 13.0. The van der Waals surface area contributed by atoms with E-state index in [1.807, 2.05) is 31.2 Å². The summed E-state index contributed by atoms with van der Waals surface area (Å²) in [5, 5.41) is 9.67. The predicted molar refractivity (Wildman–Crippen MR) is 74.5 cm³/mol. The van der Waals surface area contributed by atoms with Gasteiger partial charge in [0.1, 0.15) is 6.33 Å². The highest BCUT2D eigenvalue weighted by Gasteiger charge is 2.15. The van der Waals surface area contributed by atoms with E-state index in [1.165, 1.54) is 18.1 Å². The van der Waals surface area contributed by atoms with Crippen LogP contribution in [-0.4, -0.2) is 26.3 Å². The summed E-state index contributed by atoms with van der Waals surface area (Å²) in [4.78, 5) is 15.9. The van der Waals surface area contributed by atoms with E-state index in [0.717, 1.165) is 10.2 Å². The Hall–Kier alpha value is -1.34. The number of nitrogens with zero attached hydrogens (tertiary/aromatic N) is 2. The summed E-state index contributed by atoms with van der Waals surface area (Å²) in [6, 6.07) is 7.44. The number of H-pyrrole nitrogens is 1. The van der Waals surface area contributed by atoms with Crippen LogP contribution in [0.2, 0.25) is 0 Å². The van der Waals surface area contributed by atoms with Gasteiger partial charge in [-0.15, -0.1) is 0 Å². The van der Waals surface area contributed by atoms with E-state index in [9.17, 15) is 4.79 Å². The lowest BCUT2D eigenvalue weighted by molar-refractivity contribution is -0.115. The van der Waals surface area contributed by atoms with Crippen LogP contribution < -0.4 is 5.32 Å². The molecule has 94 valence electrons. The molecule has 0 bridgehead atoms. The second kappa shape index (κ2) is 6.01. The molecule has 0 fully saturated rings. The molecule has 2 rings (SSSR count). The highest BCUT2D eigenvalue weighted by atomic mass is 79.9. The molecule has 5 nitrogen and oxygen atoms in total. The number of hydrogen-bond donors (Lipinski definition) is 2. The Morgan fingerprint density at radius 2 is 2.17 bits per heavy atom. The third-order valence-electron chi connectivity index (χ3n) is 2.16. The summed E-state index contributed by atoms with van der Waals surface area (Å²) in [5.74, 6) is -0.0706. The van der Waals surface area contributed by atoms with Crippen LogP contribution in [0, 0.1) is 0 Å². The molecule has 1 aromatic carbocycles. The van der Waals surface area contributed by atoms with E-state index < -0.39 is 0 Å².